The van der Waals surface area contributed by atoms with Gasteiger partial charge in [-0.2, -0.15) is 0 Å². The highest BCUT2D eigenvalue weighted by molar-refractivity contribution is 6.32. The van der Waals surface area contributed by atoms with Crippen LogP contribution in [0.3, 0.4) is 0 Å². The Labute approximate surface area is 122 Å². The molecule has 21 heavy (non-hydrogen) atoms. The zero-order valence-corrected chi connectivity index (χ0v) is 11.7. The topological polar surface area (TPSA) is 58.2 Å². The molecule has 0 aromatic heterocycles. The molecule has 0 heterocycles. The molecule has 0 saturated carbocycles. The molecule has 0 saturated heterocycles. The van der Waals surface area contributed by atoms with Crippen molar-refractivity contribution >= 4 is 36.5 Å². The summed E-state index contributed by atoms with van der Waals surface area (Å²) in [5.74, 6) is -0.883. The third kappa shape index (κ3) is 3.92. The zero-order valence-electron chi connectivity index (χ0n) is 11.7. The van der Waals surface area contributed by atoms with Gasteiger partial charge in [0.2, 0.25) is 0 Å². The number of benzene rings is 2. The maximum Gasteiger partial charge on any atom is 0.323 e. The van der Waals surface area contributed by atoms with Gasteiger partial charge in [0.15, 0.2) is 5.78 Å². The molecule has 0 radical (unpaired) electrons. The van der Waals surface area contributed by atoms with E-state index in [4.69, 9.17) is 0 Å². The second-order valence-electron chi connectivity index (χ2n) is 4.70. The number of rotatable bonds is 3. The van der Waals surface area contributed by atoms with Gasteiger partial charge in [-0.15, -0.1) is 0 Å². The summed E-state index contributed by atoms with van der Waals surface area (Å²) in [5, 5.41) is 5.00. The number of anilines is 2. The van der Waals surface area contributed by atoms with Crippen molar-refractivity contribution in [2.75, 3.05) is 10.6 Å². The van der Waals surface area contributed by atoms with Crippen molar-refractivity contribution in [1.29, 1.82) is 0 Å². The van der Waals surface area contributed by atoms with Crippen molar-refractivity contribution in [3.8, 4) is 0 Å². The molecule has 0 aliphatic heterocycles. The second-order valence-corrected chi connectivity index (χ2v) is 4.70. The third-order valence-corrected chi connectivity index (χ3v) is 2.93. The van der Waals surface area contributed by atoms with E-state index in [9.17, 15) is 14.0 Å². The number of carbonyl (C=O) groups is 2. The number of nitrogens with one attached hydrogen (secondary N) is 2. The normalized spacial score (nSPS) is 10.0. The summed E-state index contributed by atoms with van der Waals surface area (Å²) in [7, 11) is 1.94. The lowest BCUT2D eigenvalue weighted by molar-refractivity contribution is 0.101. The van der Waals surface area contributed by atoms with Crippen molar-refractivity contribution in [1.82, 2.24) is 0 Å². The Morgan fingerprint density at radius 2 is 1.71 bits per heavy atom. The number of ketones is 1. The second kappa shape index (κ2) is 6.22. The van der Waals surface area contributed by atoms with Gasteiger partial charge in [-0.25, -0.2) is 9.18 Å². The number of halogens is 1. The Bertz CT molecular complexity index is 687. The average molecular weight is 284 g/mol. The van der Waals surface area contributed by atoms with E-state index in [1.807, 2.05) is 20.0 Å². The molecule has 2 aromatic carbocycles. The Morgan fingerprint density at radius 3 is 2.29 bits per heavy atom. The highest BCUT2D eigenvalue weighted by atomic mass is 19.1. The van der Waals surface area contributed by atoms with Gasteiger partial charge >= 0.3 is 6.03 Å². The number of amides is 2. The van der Waals surface area contributed by atoms with E-state index in [0.29, 0.717) is 5.69 Å². The summed E-state index contributed by atoms with van der Waals surface area (Å²) in [6.45, 7) is 1.35. The van der Waals surface area contributed by atoms with Gasteiger partial charge in [0.25, 0.3) is 0 Å². The summed E-state index contributed by atoms with van der Waals surface area (Å²) < 4.78 is 13.8. The maximum atomic E-state index is 13.8. The van der Waals surface area contributed by atoms with Gasteiger partial charge in [-0.05, 0) is 37.3 Å². The highest BCUT2D eigenvalue weighted by Crippen LogP contribution is 2.16. The summed E-state index contributed by atoms with van der Waals surface area (Å²) >= 11 is 0. The van der Waals surface area contributed by atoms with Gasteiger partial charge in [-0.3, -0.25) is 4.79 Å². The van der Waals surface area contributed by atoms with E-state index in [1.165, 1.54) is 19.1 Å². The van der Waals surface area contributed by atoms with Crippen LogP contribution in [0.15, 0.2) is 42.5 Å². The predicted molar refractivity (Wildman–Crippen MR) is 83.7 cm³/mol. The Morgan fingerprint density at radius 1 is 1.05 bits per heavy atom. The lowest BCUT2D eigenvalue weighted by Gasteiger charge is -2.09. The minimum absolute atomic E-state index is 0.0182. The number of carbonyl (C=O) groups excluding carboxylic acids is 2. The van der Waals surface area contributed by atoms with E-state index >= 15 is 0 Å². The van der Waals surface area contributed by atoms with E-state index in [2.05, 4.69) is 10.6 Å². The summed E-state index contributed by atoms with van der Waals surface area (Å²) in [5.41, 5.74) is 1.97. The molecule has 106 valence electrons. The van der Waals surface area contributed by atoms with Crippen LogP contribution in [0.5, 0.6) is 0 Å². The molecule has 0 aliphatic rings. The molecular weight excluding hydrogens is 270 g/mol. The van der Waals surface area contributed by atoms with Crippen LogP contribution in [0.4, 0.5) is 20.6 Å². The first kappa shape index (κ1) is 14.8. The van der Waals surface area contributed by atoms with Crippen molar-refractivity contribution < 1.29 is 14.0 Å². The third-order valence-electron chi connectivity index (χ3n) is 2.93. The fraction of sp³-hybridized carbons (Fsp3) is 0.0667. The Hall–Kier alpha value is -2.63. The van der Waals surface area contributed by atoms with E-state index in [-0.39, 0.29) is 17.0 Å². The molecule has 2 rings (SSSR count). The maximum absolute atomic E-state index is 13.8. The monoisotopic (exact) mass is 284 g/mol. The lowest BCUT2D eigenvalue weighted by atomic mass is 9.96. The van der Waals surface area contributed by atoms with E-state index in [1.54, 1.807) is 12.1 Å². The van der Waals surface area contributed by atoms with Gasteiger partial charge in [0.1, 0.15) is 13.7 Å². The quantitative estimate of drug-likeness (QED) is 0.668. The van der Waals surface area contributed by atoms with Crippen LogP contribution in [0.1, 0.15) is 17.3 Å². The van der Waals surface area contributed by atoms with Crippen LogP contribution < -0.4 is 16.1 Å². The summed E-state index contributed by atoms with van der Waals surface area (Å²) in [6.07, 6.45) is 0. The molecule has 2 amide bonds. The predicted octanol–water partition coefficient (Wildman–Crippen LogP) is 1.93. The van der Waals surface area contributed by atoms with Gasteiger partial charge in [-0.1, -0.05) is 17.6 Å². The fourth-order valence-electron chi connectivity index (χ4n) is 1.76. The summed E-state index contributed by atoms with van der Waals surface area (Å²) in [6, 6.07) is 10.6. The summed E-state index contributed by atoms with van der Waals surface area (Å²) in [4.78, 5) is 22.9. The van der Waals surface area contributed by atoms with Gasteiger partial charge in [0, 0.05) is 11.3 Å². The number of hydrogen-bond acceptors (Lipinski definition) is 2. The van der Waals surface area contributed by atoms with E-state index in [0.717, 1.165) is 11.5 Å². The molecule has 0 spiro atoms. The largest absolute Gasteiger partial charge is 0.323 e. The van der Waals surface area contributed by atoms with Crippen LogP contribution in [0.2, 0.25) is 0 Å². The van der Waals surface area contributed by atoms with Crippen molar-refractivity contribution in [3.63, 3.8) is 0 Å². The van der Waals surface area contributed by atoms with Crippen LogP contribution in [-0.2, 0) is 0 Å². The van der Waals surface area contributed by atoms with Crippen LogP contribution >= 0.6 is 0 Å². The number of Topliss-reactive ketones (excluding diaryl/α,β-unsaturated/α-hetero) is 1. The van der Waals surface area contributed by atoms with Crippen molar-refractivity contribution in [2.24, 2.45) is 0 Å². The van der Waals surface area contributed by atoms with Gasteiger partial charge < -0.3 is 10.6 Å². The standard InChI is InChI=1S/C15H14BFN2O2/c1-9(20)10-2-7-14(13(17)8-10)19-15(21)18-12-5-3-11(16)4-6-12/h2-8H,16H2,1H3,(H2,18,19,21). The van der Waals surface area contributed by atoms with Crippen molar-refractivity contribution in [3.05, 3.63) is 53.8 Å². The fourth-order valence-corrected chi connectivity index (χ4v) is 1.76. The van der Waals surface area contributed by atoms with Crippen molar-refractivity contribution in [2.45, 2.75) is 6.92 Å². The molecule has 0 fully saturated rings. The minimum atomic E-state index is -0.651. The molecular formula is C15H14BFN2O2. The first-order chi connectivity index (χ1) is 9.95. The zero-order chi connectivity index (χ0) is 15.4. The van der Waals surface area contributed by atoms with Crippen LogP contribution in [0.25, 0.3) is 0 Å². The molecule has 2 aromatic rings. The number of hydrogen-bond donors (Lipinski definition) is 2. The average Bonchev–Trinajstić information content (AvgIpc) is 2.43. The molecule has 0 atom stereocenters. The molecule has 2 N–H and O–H groups in total. The minimum Gasteiger partial charge on any atom is -0.308 e. The molecule has 0 bridgehead atoms. The smallest absolute Gasteiger partial charge is 0.308 e. The molecule has 0 unspecified atom stereocenters. The van der Waals surface area contributed by atoms with E-state index < -0.39 is 11.8 Å². The lowest BCUT2D eigenvalue weighted by Crippen LogP contribution is -2.20. The Kier molecular flexibility index (Phi) is 4.37. The first-order valence-corrected chi connectivity index (χ1v) is 6.41. The Balaban J connectivity index is 2.06. The van der Waals surface area contributed by atoms with Gasteiger partial charge in [0.05, 0.1) is 5.69 Å². The number of urea groups is 1. The first-order valence-electron chi connectivity index (χ1n) is 6.41. The molecule has 0 aliphatic carbocycles. The van der Waals surface area contributed by atoms with Crippen LogP contribution in [0, 0.1) is 5.82 Å². The highest BCUT2D eigenvalue weighted by Gasteiger charge is 2.09. The van der Waals surface area contributed by atoms with Crippen LogP contribution in [-0.4, -0.2) is 19.7 Å². The SMILES string of the molecule is Bc1ccc(NC(=O)Nc2ccc(C(C)=O)cc2F)cc1. The molecule has 4 nitrogen and oxygen atoms in total. The molecule has 6 heteroatoms.